The van der Waals surface area contributed by atoms with E-state index in [1.54, 1.807) is 12.0 Å². The number of hydrogen-bond donors (Lipinski definition) is 1. The highest BCUT2D eigenvalue weighted by atomic mass is 16.5. The van der Waals surface area contributed by atoms with Crippen molar-refractivity contribution in [2.24, 2.45) is 0 Å². The van der Waals surface area contributed by atoms with Crippen LogP contribution in [0.3, 0.4) is 0 Å². The number of carbonyl (C=O) groups excluding carboxylic acids is 1. The first-order valence-electron chi connectivity index (χ1n) is 8.28. The molecular formula is C19H22N4O2. The van der Waals surface area contributed by atoms with Gasteiger partial charge in [-0.3, -0.25) is 0 Å². The highest BCUT2D eigenvalue weighted by Gasteiger charge is 2.14. The molecule has 2 aromatic heterocycles. The lowest BCUT2D eigenvalue weighted by Gasteiger charge is -2.21. The first-order valence-corrected chi connectivity index (χ1v) is 8.28. The monoisotopic (exact) mass is 338 g/mol. The third kappa shape index (κ3) is 3.91. The summed E-state index contributed by atoms with van der Waals surface area (Å²) in [5.41, 5.74) is 2.89. The fourth-order valence-corrected chi connectivity index (χ4v) is 2.66. The summed E-state index contributed by atoms with van der Waals surface area (Å²) in [6, 6.07) is 13.4. The van der Waals surface area contributed by atoms with Gasteiger partial charge in [0.2, 0.25) is 0 Å². The van der Waals surface area contributed by atoms with E-state index >= 15 is 0 Å². The molecule has 0 saturated heterocycles. The van der Waals surface area contributed by atoms with Crippen molar-refractivity contribution in [2.75, 3.05) is 13.7 Å². The predicted octanol–water partition coefficient (Wildman–Crippen LogP) is 3.07. The first-order chi connectivity index (χ1) is 12.2. The highest BCUT2D eigenvalue weighted by Crippen LogP contribution is 2.12. The zero-order valence-corrected chi connectivity index (χ0v) is 14.5. The Balaban J connectivity index is 1.62. The van der Waals surface area contributed by atoms with Gasteiger partial charge in [-0.15, -0.1) is 0 Å². The van der Waals surface area contributed by atoms with E-state index < -0.39 is 0 Å². The third-order valence-electron chi connectivity index (χ3n) is 4.12. The Kier molecular flexibility index (Phi) is 5.18. The molecule has 6 heteroatoms. The topological polar surface area (TPSA) is 58.9 Å². The second-order valence-electron chi connectivity index (χ2n) is 5.70. The van der Waals surface area contributed by atoms with Crippen LogP contribution in [0, 0.1) is 0 Å². The number of amides is 2. The number of ether oxygens (including phenoxy) is 1. The smallest absolute Gasteiger partial charge is 0.318 e. The molecule has 0 aliphatic heterocycles. The van der Waals surface area contributed by atoms with Crippen LogP contribution in [0.25, 0.3) is 5.65 Å². The van der Waals surface area contributed by atoms with Crippen molar-refractivity contribution in [1.29, 1.82) is 0 Å². The number of fused-ring (bicyclic) bond motifs is 1. The Morgan fingerprint density at radius 1 is 1.24 bits per heavy atom. The van der Waals surface area contributed by atoms with Crippen LogP contribution in [0.4, 0.5) is 4.79 Å². The van der Waals surface area contributed by atoms with Crippen LogP contribution in [0.5, 0.6) is 5.75 Å². The number of urea groups is 1. The summed E-state index contributed by atoms with van der Waals surface area (Å²) in [6.45, 7) is 3.58. The molecule has 130 valence electrons. The van der Waals surface area contributed by atoms with Gasteiger partial charge in [-0.2, -0.15) is 0 Å². The lowest BCUT2D eigenvalue weighted by atomic mass is 10.2. The third-order valence-corrected chi connectivity index (χ3v) is 4.12. The van der Waals surface area contributed by atoms with Gasteiger partial charge in [0.15, 0.2) is 0 Å². The highest BCUT2D eigenvalue weighted by molar-refractivity contribution is 5.74. The van der Waals surface area contributed by atoms with Crippen LogP contribution in [0.15, 0.2) is 54.9 Å². The lowest BCUT2D eigenvalue weighted by molar-refractivity contribution is 0.197. The minimum absolute atomic E-state index is 0.0933. The Morgan fingerprint density at radius 2 is 2.04 bits per heavy atom. The molecule has 3 rings (SSSR count). The van der Waals surface area contributed by atoms with Crippen LogP contribution in [-0.2, 0) is 13.1 Å². The molecule has 0 radical (unpaired) electrons. The predicted molar refractivity (Wildman–Crippen MR) is 96.5 cm³/mol. The number of benzene rings is 1. The minimum Gasteiger partial charge on any atom is -0.497 e. The maximum atomic E-state index is 12.5. The Labute approximate surface area is 147 Å². The summed E-state index contributed by atoms with van der Waals surface area (Å²) >= 11 is 0. The van der Waals surface area contributed by atoms with Gasteiger partial charge in [-0.1, -0.05) is 18.2 Å². The molecule has 2 heterocycles. The van der Waals surface area contributed by atoms with Crippen LogP contribution < -0.4 is 10.1 Å². The van der Waals surface area contributed by atoms with Crippen molar-refractivity contribution >= 4 is 11.7 Å². The zero-order valence-electron chi connectivity index (χ0n) is 14.5. The van der Waals surface area contributed by atoms with Crippen LogP contribution in [0.1, 0.15) is 18.2 Å². The fourth-order valence-electron chi connectivity index (χ4n) is 2.66. The molecule has 1 aromatic carbocycles. The number of carbonyl (C=O) groups is 1. The fraction of sp³-hybridized carbons (Fsp3) is 0.263. The summed E-state index contributed by atoms with van der Waals surface area (Å²) in [5.74, 6) is 0.804. The molecule has 0 aliphatic carbocycles. The summed E-state index contributed by atoms with van der Waals surface area (Å²) in [5, 5.41) is 2.96. The standard InChI is InChI=1S/C19H22N4O2/c1-3-22(14-16-13-20-18-6-4-5-11-23(16)18)19(24)21-12-15-7-9-17(25-2)10-8-15/h4-11,13H,3,12,14H2,1-2H3,(H,21,24). The second-order valence-corrected chi connectivity index (χ2v) is 5.70. The number of aromatic nitrogens is 2. The van der Waals surface area contributed by atoms with E-state index in [-0.39, 0.29) is 6.03 Å². The molecule has 1 N–H and O–H groups in total. The van der Waals surface area contributed by atoms with Crippen LogP contribution in [0.2, 0.25) is 0 Å². The van der Waals surface area contributed by atoms with Crippen molar-refractivity contribution in [2.45, 2.75) is 20.0 Å². The van der Waals surface area contributed by atoms with Gasteiger partial charge in [-0.25, -0.2) is 9.78 Å². The maximum absolute atomic E-state index is 12.5. The number of imidazole rings is 1. The molecule has 3 aromatic rings. The Hall–Kier alpha value is -3.02. The van der Waals surface area contributed by atoms with E-state index in [0.717, 1.165) is 22.7 Å². The normalized spacial score (nSPS) is 10.6. The summed E-state index contributed by atoms with van der Waals surface area (Å²) in [6.07, 6.45) is 3.77. The van der Waals surface area contributed by atoms with Crippen molar-refractivity contribution in [3.05, 3.63) is 66.1 Å². The Morgan fingerprint density at radius 3 is 2.76 bits per heavy atom. The van der Waals surface area contributed by atoms with Gasteiger partial charge in [0.05, 0.1) is 25.5 Å². The van der Waals surface area contributed by atoms with Crippen molar-refractivity contribution in [1.82, 2.24) is 19.6 Å². The van der Waals surface area contributed by atoms with Crippen molar-refractivity contribution in [3.8, 4) is 5.75 Å². The largest absolute Gasteiger partial charge is 0.497 e. The average Bonchev–Trinajstić information content (AvgIpc) is 3.07. The van der Waals surface area contributed by atoms with E-state index in [4.69, 9.17) is 4.74 Å². The van der Waals surface area contributed by atoms with Gasteiger partial charge < -0.3 is 19.4 Å². The summed E-state index contributed by atoms with van der Waals surface area (Å²) in [7, 11) is 1.63. The molecule has 0 spiro atoms. The molecule has 2 amide bonds. The molecule has 0 saturated carbocycles. The Bertz CT molecular complexity index is 842. The molecule has 6 nitrogen and oxygen atoms in total. The average molecular weight is 338 g/mol. The molecule has 25 heavy (non-hydrogen) atoms. The van der Waals surface area contributed by atoms with E-state index in [0.29, 0.717) is 19.6 Å². The molecule has 0 atom stereocenters. The lowest BCUT2D eigenvalue weighted by Crippen LogP contribution is -2.39. The molecule has 0 fully saturated rings. The maximum Gasteiger partial charge on any atom is 0.318 e. The zero-order chi connectivity index (χ0) is 17.6. The number of pyridine rings is 1. The summed E-state index contributed by atoms with van der Waals surface area (Å²) < 4.78 is 7.14. The number of hydrogen-bond acceptors (Lipinski definition) is 3. The van der Waals surface area contributed by atoms with Gasteiger partial charge in [0.1, 0.15) is 11.4 Å². The van der Waals surface area contributed by atoms with E-state index in [1.165, 1.54) is 0 Å². The number of nitrogens with one attached hydrogen (secondary N) is 1. The number of nitrogens with zero attached hydrogens (tertiary/aromatic N) is 3. The first kappa shape index (κ1) is 16.8. The summed E-state index contributed by atoms with van der Waals surface area (Å²) in [4.78, 5) is 18.6. The van der Waals surface area contributed by atoms with Gasteiger partial charge in [0, 0.05) is 19.3 Å². The molecule has 0 unspecified atom stereocenters. The minimum atomic E-state index is -0.0933. The van der Waals surface area contributed by atoms with Crippen molar-refractivity contribution < 1.29 is 9.53 Å². The van der Waals surface area contributed by atoms with Crippen molar-refractivity contribution in [3.63, 3.8) is 0 Å². The molecule has 0 bridgehead atoms. The quantitative estimate of drug-likeness (QED) is 0.751. The number of rotatable bonds is 6. The van der Waals surface area contributed by atoms with Crippen LogP contribution in [-0.4, -0.2) is 34.0 Å². The number of methoxy groups -OCH3 is 1. The van der Waals surface area contributed by atoms with E-state index in [2.05, 4.69) is 10.3 Å². The van der Waals surface area contributed by atoms with Gasteiger partial charge in [0.25, 0.3) is 0 Å². The van der Waals surface area contributed by atoms with E-state index in [1.807, 2.05) is 66.2 Å². The van der Waals surface area contributed by atoms with E-state index in [9.17, 15) is 4.79 Å². The molecular weight excluding hydrogens is 316 g/mol. The SMILES string of the molecule is CCN(Cc1cnc2ccccn12)C(=O)NCc1ccc(OC)cc1. The van der Waals surface area contributed by atoms with Crippen LogP contribution >= 0.6 is 0 Å². The van der Waals surface area contributed by atoms with Gasteiger partial charge >= 0.3 is 6.03 Å². The second kappa shape index (κ2) is 7.70. The molecule has 0 aliphatic rings. The van der Waals surface area contributed by atoms with Gasteiger partial charge in [-0.05, 0) is 36.8 Å².